The Bertz CT molecular complexity index is 595. The normalized spacial score (nSPS) is 10.4. The van der Waals surface area contributed by atoms with Gasteiger partial charge in [0.25, 0.3) is 5.56 Å². The van der Waals surface area contributed by atoms with Crippen molar-refractivity contribution < 1.29 is 8.78 Å². The SMILES string of the molecule is O=c1[nH]cc(Cl)cc1-c1cccc(F)c1F. The molecule has 0 atom stereocenters. The first-order valence-electron chi connectivity index (χ1n) is 4.42. The zero-order valence-corrected chi connectivity index (χ0v) is 8.68. The van der Waals surface area contributed by atoms with E-state index in [1.54, 1.807) is 0 Å². The number of nitrogens with one attached hydrogen (secondary N) is 1. The predicted molar refractivity (Wildman–Crippen MR) is 57.4 cm³/mol. The van der Waals surface area contributed by atoms with Crippen LogP contribution < -0.4 is 5.56 Å². The van der Waals surface area contributed by atoms with Crippen molar-refractivity contribution in [2.24, 2.45) is 0 Å². The molecule has 2 rings (SSSR count). The average molecular weight is 242 g/mol. The Morgan fingerprint density at radius 3 is 2.69 bits per heavy atom. The van der Waals surface area contributed by atoms with E-state index in [-0.39, 0.29) is 16.1 Å². The summed E-state index contributed by atoms with van der Waals surface area (Å²) in [4.78, 5) is 13.8. The fourth-order valence-corrected chi connectivity index (χ4v) is 1.53. The quantitative estimate of drug-likeness (QED) is 0.818. The molecule has 0 amide bonds. The van der Waals surface area contributed by atoms with Crippen LogP contribution in [0, 0.1) is 11.6 Å². The van der Waals surface area contributed by atoms with Gasteiger partial charge in [-0.15, -0.1) is 0 Å². The maximum atomic E-state index is 13.4. The highest BCUT2D eigenvalue weighted by Gasteiger charge is 2.12. The van der Waals surface area contributed by atoms with Gasteiger partial charge in [0.05, 0.1) is 10.6 Å². The highest BCUT2D eigenvalue weighted by atomic mass is 35.5. The van der Waals surface area contributed by atoms with Crippen molar-refractivity contribution in [1.82, 2.24) is 4.98 Å². The van der Waals surface area contributed by atoms with E-state index in [2.05, 4.69) is 4.98 Å². The van der Waals surface area contributed by atoms with E-state index in [1.165, 1.54) is 24.4 Å². The van der Waals surface area contributed by atoms with E-state index in [9.17, 15) is 13.6 Å². The summed E-state index contributed by atoms with van der Waals surface area (Å²) >= 11 is 5.67. The third-order valence-corrected chi connectivity index (χ3v) is 2.33. The maximum absolute atomic E-state index is 13.4. The van der Waals surface area contributed by atoms with Crippen LogP contribution >= 0.6 is 11.6 Å². The number of aromatic nitrogens is 1. The van der Waals surface area contributed by atoms with E-state index >= 15 is 0 Å². The highest BCUT2D eigenvalue weighted by molar-refractivity contribution is 6.30. The van der Waals surface area contributed by atoms with Crippen LogP contribution in [0.15, 0.2) is 35.3 Å². The molecule has 0 fully saturated rings. The number of rotatable bonds is 1. The summed E-state index contributed by atoms with van der Waals surface area (Å²) in [6.07, 6.45) is 1.28. The maximum Gasteiger partial charge on any atom is 0.256 e. The Morgan fingerprint density at radius 2 is 1.94 bits per heavy atom. The summed E-state index contributed by atoms with van der Waals surface area (Å²) in [6, 6.07) is 4.92. The van der Waals surface area contributed by atoms with Gasteiger partial charge in [0.15, 0.2) is 11.6 Å². The zero-order valence-electron chi connectivity index (χ0n) is 7.93. The first kappa shape index (κ1) is 10.8. The predicted octanol–water partition coefficient (Wildman–Crippen LogP) is 2.97. The largest absolute Gasteiger partial charge is 0.327 e. The van der Waals surface area contributed by atoms with Crippen molar-refractivity contribution in [1.29, 1.82) is 0 Å². The number of benzene rings is 1. The van der Waals surface area contributed by atoms with E-state index in [1.807, 2.05) is 0 Å². The Hall–Kier alpha value is -1.68. The van der Waals surface area contributed by atoms with Gasteiger partial charge in [0.1, 0.15) is 0 Å². The molecule has 2 nitrogen and oxygen atoms in total. The lowest BCUT2D eigenvalue weighted by Gasteiger charge is -2.03. The van der Waals surface area contributed by atoms with Crippen molar-refractivity contribution in [3.63, 3.8) is 0 Å². The summed E-state index contributed by atoms with van der Waals surface area (Å²) in [5, 5.41) is 0.248. The first-order chi connectivity index (χ1) is 7.59. The second-order valence-corrected chi connectivity index (χ2v) is 3.60. The molecule has 0 saturated heterocycles. The van der Waals surface area contributed by atoms with Crippen LogP contribution in [-0.2, 0) is 0 Å². The van der Waals surface area contributed by atoms with Gasteiger partial charge in [0.2, 0.25) is 0 Å². The van der Waals surface area contributed by atoms with Crippen LogP contribution in [0.5, 0.6) is 0 Å². The number of halogens is 3. The zero-order chi connectivity index (χ0) is 11.7. The third-order valence-electron chi connectivity index (χ3n) is 2.11. The third kappa shape index (κ3) is 1.84. The second-order valence-electron chi connectivity index (χ2n) is 3.16. The molecule has 1 aromatic carbocycles. The molecule has 0 unspecified atom stereocenters. The Balaban J connectivity index is 2.72. The van der Waals surface area contributed by atoms with E-state index < -0.39 is 17.2 Å². The van der Waals surface area contributed by atoms with Crippen molar-refractivity contribution in [3.05, 3.63) is 57.5 Å². The molecule has 16 heavy (non-hydrogen) atoms. The summed E-state index contributed by atoms with van der Waals surface area (Å²) in [7, 11) is 0. The van der Waals surface area contributed by atoms with Crippen molar-refractivity contribution in [2.45, 2.75) is 0 Å². The lowest BCUT2D eigenvalue weighted by Crippen LogP contribution is -2.08. The van der Waals surface area contributed by atoms with Crippen LogP contribution in [0.3, 0.4) is 0 Å². The summed E-state index contributed by atoms with van der Waals surface area (Å²) < 4.78 is 26.4. The van der Waals surface area contributed by atoms with Gasteiger partial charge in [-0.1, -0.05) is 23.7 Å². The van der Waals surface area contributed by atoms with Gasteiger partial charge in [-0.3, -0.25) is 4.79 Å². The molecule has 1 aromatic heterocycles. The molecule has 2 aromatic rings. The Labute approximate surface area is 94.5 Å². The summed E-state index contributed by atoms with van der Waals surface area (Å²) in [5.74, 6) is -2.06. The molecule has 0 aliphatic rings. The molecule has 5 heteroatoms. The lowest BCUT2D eigenvalue weighted by atomic mass is 10.1. The second kappa shape index (κ2) is 4.06. The molecule has 0 aliphatic carbocycles. The molecule has 1 N–H and O–H groups in total. The van der Waals surface area contributed by atoms with E-state index in [0.29, 0.717) is 0 Å². The average Bonchev–Trinajstić information content (AvgIpc) is 2.26. The van der Waals surface area contributed by atoms with Crippen molar-refractivity contribution in [3.8, 4) is 11.1 Å². The Morgan fingerprint density at radius 1 is 1.19 bits per heavy atom. The van der Waals surface area contributed by atoms with Crippen LogP contribution in [0.2, 0.25) is 5.02 Å². The molecule has 1 heterocycles. The van der Waals surface area contributed by atoms with Gasteiger partial charge >= 0.3 is 0 Å². The fraction of sp³-hybridized carbons (Fsp3) is 0. The molecule has 0 bridgehead atoms. The number of hydrogen-bond acceptors (Lipinski definition) is 1. The van der Waals surface area contributed by atoms with Crippen molar-refractivity contribution >= 4 is 11.6 Å². The topological polar surface area (TPSA) is 32.9 Å². The number of pyridine rings is 1. The minimum Gasteiger partial charge on any atom is -0.327 e. The molecule has 0 spiro atoms. The van der Waals surface area contributed by atoms with Crippen molar-refractivity contribution in [2.75, 3.05) is 0 Å². The first-order valence-corrected chi connectivity index (χ1v) is 4.80. The van der Waals surface area contributed by atoms with E-state index in [4.69, 9.17) is 11.6 Å². The summed E-state index contributed by atoms with van der Waals surface area (Å²) in [6.45, 7) is 0. The van der Waals surface area contributed by atoms with E-state index in [0.717, 1.165) is 6.07 Å². The van der Waals surface area contributed by atoms with Crippen LogP contribution in [0.25, 0.3) is 11.1 Å². The number of aromatic amines is 1. The van der Waals surface area contributed by atoms with Crippen LogP contribution in [0.4, 0.5) is 8.78 Å². The molecule has 0 aliphatic heterocycles. The standard InChI is InChI=1S/C11H6ClF2NO/c12-6-4-8(11(16)15-5-6)7-2-1-3-9(13)10(7)14/h1-5H,(H,15,16). The Kier molecular flexibility index (Phi) is 2.75. The highest BCUT2D eigenvalue weighted by Crippen LogP contribution is 2.23. The smallest absolute Gasteiger partial charge is 0.256 e. The van der Waals surface area contributed by atoms with Gasteiger partial charge in [-0.2, -0.15) is 0 Å². The van der Waals surface area contributed by atoms with Gasteiger partial charge < -0.3 is 4.98 Å². The van der Waals surface area contributed by atoms with Crippen LogP contribution in [-0.4, -0.2) is 4.98 Å². The van der Waals surface area contributed by atoms with Gasteiger partial charge in [-0.05, 0) is 12.1 Å². The number of hydrogen-bond donors (Lipinski definition) is 1. The van der Waals surface area contributed by atoms with Gasteiger partial charge in [0, 0.05) is 11.8 Å². The molecular weight excluding hydrogens is 236 g/mol. The van der Waals surface area contributed by atoms with Crippen LogP contribution in [0.1, 0.15) is 0 Å². The molecule has 0 saturated carbocycles. The number of H-pyrrole nitrogens is 1. The molecular formula is C11H6ClF2NO. The minimum atomic E-state index is -1.06. The fourth-order valence-electron chi connectivity index (χ4n) is 1.37. The van der Waals surface area contributed by atoms with Gasteiger partial charge in [-0.25, -0.2) is 8.78 Å². The lowest BCUT2D eigenvalue weighted by molar-refractivity contribution is 0.511. The molecule has 0 radical (unpaired) electrons. The monoisotopic (exact) mass is 241 g/mol. The minimum absolute atomic E-state index is 0.00417. The molecule has 82 valence electrons. The summed E-state index contributed by atoms with van der Waals surface area (Å²) in [5.41, 5.74) is -0.623.